The van der Waals surface area contributed by atoms with Crippen molar-refractivity contribution >= 4 is 29.5 Å². The molecule has 1 fully saturated rings. The van der Waals surface area contributed by atoms with Crippen molar-refractivity contribution in [2.75, 3.05) is 11.5 Å². The van der Waals surface area contributed by atoms with Gasteiger partial charge in [-0.1, -0.05) is 30.3 Å². The topological polar surface area (TPSA) is 26.3 Å². The Morgan fingerprint density at radius 3 is 2.50 bits per heavy atom. The van der Waals surface area contributed by atoms with Gasteiger partial charge >= 0.3 is 5.97 Å². The molecule has 0 amide bonds. The largest absolute Gasteiger partial charge is 0.450 e. The maximum atomic E-state index is 12.0. The standard InChI is InChI=1S/C14H12O2S2/c15-13-11(14-17-8-9-18-14)6-7-12(16-13)10-4-2-1-3-5-10/h1-7,12H,8-9H2. The molecule has 3 rings (SSSR count). The molecular weight excluding hydrogens is 264 g/mol. The van der Waals surface area contributed by atoms with Crippen LogP contribution in [0.5, 0.6) is 0 Å². The predicted molar refractivity (Wildman–Crippen MR) is 76.4 cm³/mol. The van der Waals surface area contributed by atoms with Crippen LogP contribution in [0.15, 0.2) is 52.3 Å². The smallest absolute Gasteiger partial charge is 0.340 e. The minimum absolute atomic E-state index is 0.205. The number of esters is 1. The molecule has 0 saturated carbocycles. The molecule has 1 saturated heterocycles. The molecule has 1 atom stereocenters. The van der Waals surface area contributed by atoms with Crippen molar-refractivity contribution < 1.29 is 9.53 Å². The minimum Gasteiger partial charge on any atom is -0.450 e. The first-order valence-electron chi connectivity index (χ1n) is 5.78. The molecule has 0 radical (unpaired) electrons. The Labute approximate surface area is 114 Å². The van der Waals surface area contributed by atoms with E-state index in [2.05, 4.69) is 0 Å². The molecule has 2 nitrogen and oxygen atoms in total. The third-order valence-corrected chi connectivity index (χ3v) is 5.54. The van der Waals surface area contributed by atoms with Crippen LogP contribution in [0.1, 0.15) is 11.7 Å². The molecular formula is C14H12O2S2. The lowest BCUT2D eigenvalue weighted by molar-refractivity contribution is -0.142. The molecule has 18 heavy (non-hydrogen) atoms. The molecule has 4 heteroatoms. The molecule has 0 aliphatic carbocycles. The maximum Gasteiger partial charge on any atom is 0.340 e. The van der Waals surface area contributed by atoms with Gasteiger partial charge in [0.25, 0.3) is 0 Å². The minimum atomic E-state index is -0.251. The number of carbonyl (C=O) groups is 1. The molecule has 0 spiro atoms. The summed E-state index contributed by atoms with van der Waals surface area (Å²) in [6, 6.07) is 9.80. The van der Waals surface area contributed by atoms with Crippen LogP contribution < -0.4 is 0 Å². The quantitative estimate of drug-likeness (QED) is 0.579. The van der Waals surface area contributed by atoms with Gasteiger partial charge in [0.1, 0.15) is 6.10 Å². The zero-order valence-corrected chi connectivity index (χ0v) is 11.3. The first-order valence-corrected chi connectivity index (χ1v) is 7.76. The van der Waals surface area contributed by atoms with E-state index in [1.54, 1.807) is 23.5 Å². The van der Waals surface area contributed by atoms with Gasteiger partial charge in [0.2, 0.25) is 0 Å². The van der Waals surface area contributed by atoms with Crippen molar-refractivity contribution in [3.8, 4) is 0 Å². The fourth-order valence-electron chi connectivity index (χ4n) is 1.91. The van der Waals surface area contributed by atoms with Crippen LogP contribution in [0.3, 0.4) is 0 Å². The zero-order valence-electron chi connectivity index (χ0n) is 9.67. The van der Waals surface area contributed by atoms with Gasteiger partial charge in [0.05, 0.1) is 9.81 Å². The van der Waals surface area contributed by atoms with Gasteiger partial charge in [0.15, 0.2) is 0 Å². The highest BCUT2D eigenvalue weighted by atomic mass is 32.2. The molecule has 0 bridgehead atoms. The van der Waals surface area contributed by atoms with Crippen LogP contribution in [-0.2, 0) is 9.53 Å². The number of hydrogen-bond donors (Lipinski definition) is 0. The van der Waals surface area contributed by atoms with Gasteiger partial charge in [0, 0.05) is 11.5 Å². The summed E-state index contributed by atoms with van der Waals surface area (Å²) in [4.78, 5) is 12.0. The van der Waals surface area contributed by atoms with E-state index < -0.39 is 0 Å². The average molecular weight is 276 g/mol. The van der Waals surface area contributed by atoms with Gasteiger partial charge in [-0.2, -0.15) is 0 Å². The molecule has 0 aromatic heterocycles. The third kappa shape index (κ3) is 2.35. The van der Waals surface area contributed by atoms with Crippen LogP contribution in [0.2, 0.25) is 0 Å². The lowest BCUT2D eigenvalue weighted by atomic mass is 10.1. The summed E-state index contributed by atoms with van der Waals surface area (Å²) in [5.74, 6) is 1.95. The fraction of sp³-hybridized carbons (Fsp3) is 0.214. The number of thioether (sulfide) groups is 2. The first kappa shape index (κ1) is 11.9. The van der Waals surface area contributed by atoms with Crippen molar-refractivity contribution in [2.45, 2.75) is 6.10 Å². The molecule has 1 aromatic carbocycles. The Morgan fingerprint density at radius 1 is 1.11 bits per heavy atom. The average Bonchev–Trinajstić information content (AvgIpc) is 2.93. The summed E-state index contributed by atoms with van der Waals surface area (Å²) in [7, 11) is 0. The van der Waals surface area contributed by atoms with Crippen LogP contribution in [0.25, 0.3) is 0 Å². The Morgan fingerprint density at radius 2 is 1.83 bits per heavy atom. The van der Waals surface area contributed by atoms with E-state index >= 15 is 0 Å². The third-order valence-electron chi connectivity index (χ3n) is 2.79. The Bertz CT molecular complexity index is 512. The molecule has 2 aliphatic heterocycles. The van der Waals surface area contributed by atoms with Crippen molar-refractivity contribution in [3.63, 3.8) is 0 Å². The molecule has 92 valence electrons. The van der Waals surface area contributed by atoms with E-state index in [4.69, 9.17) is 4.74 Å². The Kier molecular flexibility index (Phi) is 3.48. The second-order valence-electron chi connectivity index (χ2n) is 3.99. The van der Waals surface area contributed by atoms with Crippen molar-refractivity contribution in [2.24, 2.45) is 0 Å². The van der Waals surface area contributed by atoms with Crippen molar-refractivity contribution in [1.29, 1.82) is 0 Å². The number of cyclic esters (lactones) is 1. The fourth-order valence-corrected chi connectivity index (χ4v) is 4.39. The van der Waals surface area contributed by atoms with E-state index in [1.165, 1.54) is 0 Å². The van der Waals surface area contributed by atoms with E-state index in [9.17, 15) is 4.79 Å². The summed E-state index contributed by atoms with van der Waals surface area (Å²) in [6.45, 7) is 0. The molecule has 1 aromatic rings. The molecule has 1 unspecified atom stereocenters. The summed E-state index contributed by atoms with van der Waals surface area (Å²) in [5.41, 5.74) is 1.73. The van der Waals surface area contributed by atoms with Gasteiger partial charge in [-0.25, -0.2) is 4.79 Å². The molecule has 2 aliphatic rings. The van der Waals surface area contributed by atoms with E-state index in [0.29, 0.717) is 0 Å². The molecule has 0 N–H and O–H groups in total. The van der Waals surface area contributed by atoms with Crippen molar-refractivity contribution in [1.82, 2.24) is 0 Å². The lowest BCUT2D eigenvalue weighted by Gasteiger charge is -2.20. The van der Waals surface area contributed by atoms with E-state index in [0.717, 1.165) is 26.9 Å². The highest BCUT2D eigenvalue weighted by Gasteiger charge is 2.25. The monoisotopic (exact) mass is 276 g/mol. The highest BCUT2D eigenvalue weighted by molar-refractivity contribution is 8.25. The SMILES string of the molecule is O=C1OC(c2ccccc2)C=CC1=C1SCCS1. The predicted octanol–water partition coefficient (Wildman–Crippen LogP) is 3.53. The van der Waals surface area contributed by atoms with E-state index in [1.807, 2.05) is 42.5 Å². The first-order chi connectivity index (χ1) is 8.84. The second-order valence-corrected chi connectivity index (χ2v) is 6.46. The number of carbonyl (C=O) groups excluding carboxylic acids is 1. The molecule has 2 heterocycles. The van der Waals surface area contributed by atoms with E-state index in [-0.39, 0.29) is 12.1 Å². The summed E-state index contributed by atoms with van der Waals surface area (Å²) >= 11 is 3.48. The van der Waals surface area contributed by atoms with Crippen LogP contribution in [0, 0.1) is 0 Å². The van der Waals surface area contributed by atoms with Crippen molar-refractivity contribution in [3.05, 3.63) is 57.9 Å². The van der Waals surface area contributed by atoms with Crippen LogP contribution in [-0.4, -0.2) is 17.5 Å². The number of hydrogen-bond acceptors (Lipinski definition) is 4. The second kappa shape index (κ2) is 5.24. The van der Waals surface area contributed by atoms with Gasteiger partial charge in [-0.15, -0.1) is 23.5 Å². The summed E-state index contributed by atoms with van der Waals surface area (Å²) in [5, 5.41) is 0. The summed E-state index contributed by atoms with van der Waals surface area (Å²) < 4.78 is 6.59. The normalized spacial score (nSPS) is 23.3. The lowest BCUT2D eigenvalue weighted by Crippen LogP contribution is -2.16. The number of ether oxygens (including phenoxy) is 1. The van der Waals surface area contributed by atoms with Gasteiger partial charge in [-0.05, 0) is 17.7 Å². The zero-order chi connectivity index (χ0) is 12.4. The van der Waals surface area contributed by atoms with Crippen LogP contribution in [0.4, 0.5) is 0 Å². The Hall–Kier alpha value is -1.13. The number of rotatable bonds is 1. The van der Waals surface area contributed by atoms with Gasteiger partial charge in [-0.3, -0.25) is 0 Å². The number of benzene rings is 1. The van der Waals surface area contributed by atoms with Crippen LogP contribution >= 0.6 is 23.5 Å². The van der Waals surface area contributed by atoms with Gasteiger partial charge < -0.3 is 4.74 Å². The maximum absolute atomic E-state index is 12.0. The summed E-state index contributed by atoms with van der Waals surface area (Å²) in [6.07, 6.45) is 3.61. The Balaban J connectivity index is 1.87. The highest BCUT2D eigenvalue weighted by Crippen LogP contribution is 2.41.